The van der Waals surface area contributed by atoms with Gasteiger partial charge in [0.15, 0.2) is 0 Å². The van der Waals surface area contributed by atoms with Crippen LogP contribution in [0.25, 0.3) is 0 Å². The second-order valence-electron chi connectivity index (χ2n) is 4.44. The van der Waals surface area contributed by atoms with Crippen molar-refractivity contribution < 1.29 is 0 Å². The van der Waals surface area contributed by atoms with Crippen molar-refractivity contribution in [2.75, 3.05) is 20.6 Å². The molecule has 0 saturated heterocycles. The first-order valence-electron chi connectivity index (χ1n) is 5.52. The van der Waals surface area contributed by atoms with Crippen LogP contribution in [0.15, 0.2) is 16.8 Å². The van der Waals surface area contributed by atoms with Gasteiger partial charge in [0.25, 0.3) is 0 Å². The average Bonchev–Trinajstić information content (AvgIpc) is 2.67. The molecular formula is C12H22N2S. The van der Waals surface area contributed by atoms with Gasteiger partial charge in [0.05, 0.1) is 0 Å². The average molecular weight is 226 g/mol. The number of hydrogen-bond donors (Lipinski definition) is 1. The number of rotatable bonds is 6. The van der Waals surface area contributed by atoms with Gasteiger partial charge in [-0.05, 0) is 63.3 Å². The molecule has 0 radical (unpaired) electrons. The maximum Gasteiger partial charge on any atom is 0.0302 e. The van der Waals surface area contributed by atoms with Crippen LogP contribution in [0.5, 0.6) is 0 Å². The molecule has 1 rings (SSSR count). The van der Waals surface area contributed by atoms with Crippen LogP contribution in [0, 0.1) is 0 Å². The Bertz CT molecular complexity index is 257. The van der Waals surface area contributed by atoms with Gasteiger partial charge in [-0.2, -0.15) is 11.3 Å². The van der Waals surface area contributed by atoms with Crippen molar-refractivity contribution in [3.05, 3.63) is 22.4 Å². The van der Waals surface area contributed by atoms with Gasteiger partial charge in [0.1, 0.15) is 0 Å². The van der Waals surface area contributed by atoms with E-state index < -0.39 is 0 Å². The van der Waals surface area contributed by atoms with Crippen LogP contribution in [0.2, 0.25) is 0 Å². The van der Waals surface area contributed by atoms with Gasteiger partial charge in [-0.25, -0.2) is 0 Å². The van der Waals surface area contributed by atoms with Crippen LogP contribution < -0.4 is 5.32 Å². The van der Waals surface area contributed by atoms with Crippen molar-refractivity contribution in [3.63, 3.8) is 0 Å². The summed E-state index contributed by atoms with van der Waals surface area (Å²) < 4.78 is 0. The Morgan fingerprint density at radius 3 is 2.67 bits per heavy atom. The molecule has 2 atom stereocenters. The highest BCUT2D eigenvalue weighted by molar-refractivity contribution is 7.07. The zero-order valence-corrected chi connectivity index (χ0v) is 11.0. The second kappa shape index (κ2) is 6.26. The minimum absolute atomic E-state index is 0.466. The minimum Gasteiger partial charge on any atom is -0.309 e. The minimum atomic E-state index is 0.466. The Morgan fingerprint density at radius 1 is 1.40 bits per heavy atom. The number of hydrogen-bond acceptors (Lipinski definition) is 3. The van der Waals surface area contributed by atoms with E-state index in [-0.39, 0.29) is 0 Å². The summed E-state index contributed by atoms with van der Waals surface area (Å²) in [7, 11) is 4.24. The summed E-state index contributed by atoms with van der Waals surface area (Å²) in [4.78, 5) is 2.23. The van der Waals surface area contributed by atoms with Crippen LogP contribution >= 0.6 is 11.3 Å². The molecule has 2 nitrogen and oxygen atoms in total. The Balaban J connectivity index is 2.28. The van der Waals surface area contributed by atoms with E-state index in [2.05, 4.69) is 55.0 Å². The van der Waals surface area contributed by atoms with Crippen molar-refractivity contribution in [1.29, 1.82) is 0 Å². The molecule has 86 valence electrons. The highest BCUT2D eigenvalue weighted by Gasteiger charge is 2.09. The van der Waals surface area contributed by atoms with E-state index in [1.165, 1.54) is 12.0 Å². The Labute approximate surface area is 97.3 Å². The quantitative estimate of drug-likeness (QED) is 0.802. The lowest BCUT2D eigenvalue weighted by Crippen LogP contribution is -2.31. The number of nitrogens with one attached hydrogen (secondary N) is 1. The fourth-order valence-corrected chi connectivity index (χ4v) is 2.33. The number of thiophene rings is 1. The third-order valence-electron chi connectivity index (χ3n) is 2.59. The molecule has 0 fully saturated rings. The summed E-state index contributed by atoms with van der Waals surface area (Å²) in [6.45, 7) is 5.63. The van der Waals surface area contributed by atoms with Crippen molar-refractivity contribution in [2.24, 2.45) is 0 Å². The SMILES string of the molecule is CC(CCN(C)C)NC(C)c1ccsc1. The number of nitrogens with zero attached hydrogens (tertiary/aromatic N) is 1. The van der Waals surface area contributed by atoms with E-state index in [0.717, 1.165) is 6.54 Å². The van der Waals surface area contributed by atoms with Crippen molar-refractivity contribution >= 4 is 11.3 Å². The van der Waals surface area contributed by atoms with Crippen molar-refractivity contribution in [2.45, 2.75) is 32.4 Å². The molecule has 0 saturated carbocycles. The maximum atomic E-state index is 3.62. The van der Waals surface area contributed by atoms with Gasteiger partial charge >= 0.3 is 0 Å². The first-order chi connectivity index (χ1) is 7.09. The molecule has 1 aromatic heterocycles. The molecule has 0 aromatic carbocycles. The molecule has 1 N–H and O–H groups in total. The van der Waals surface area contributed by atoms with E-state index in [1.54, 1.807) is 11.3 Å². The Kier molecular flexibility index (Phi) is 5.29. The summed E-state index contributed by atoms with van der Waals surface area (Å²) in [5, 5.41) is 7.97. The maximum absolute atomic E-state index is 3.62. The second-order valence-corrected chi connectivity index (χ2v) is 5.22. The Hall–Kier alpha value is -0.380. The molecule has 0 amide bonds. The summed E-state index contributed by atoms with van der Waals surface area (Å²) in [5.74, 6) is 0. The van der Waals surface area contributed by atoms with Crippen LogP contribution in [0.4, 0.5) is 0 Å². The lowest BCUT2D eigenvalue weighted by molar-refractivity contribution is 0.354. The lowest BCUT2D eigenvalue weighted by atomic mass is 10.1. The highest BCUT2D eigenvalue weighted by Crippen LogP contribution is 2.16. The summed E-state index contributed by atoms with van der Waals surface area (Å²) in [6, 6.07) is 3.23. The molecule has 0 bridgehead atoms. The monoisotopic (exact) mass is 226 g/mol. The molecule has 1 heterocycles. The van der Waals surface area contributed by atoms with Gasteiger partial charge < -0.3 is 10.2 Å². The summed E-state index contributed by atoms with van der Waals surface area (Å²) in [6.07, 6.45) is 1.20. The normalized spacial score (nSPS) is 15.5. The zero-order valence-electron chi connectivity index (χ0n) is 10.2. The first kappa shape index (κ1) is 12.7. The van der Waals surface area contributed by atoms with Crippen LogP contribution in [-0.2, 0) is 0 Å². The molecule has 1 aromatic rings. The molecule has 0 aliphatic carbocycles. The Morgan fingerprint density at radius 2 is 2.13 bits per heavy atom. The standard InChI is InChI=1S/C12H22N2S/c1-10(5-7-14(3)4)13-11(2)12-6-8-15-9-12/h6,8-11,13H,5,7H2,1-4H3. The van der Waals surface area contributed by atoms with E-state index >= 15 is 0 Å². The van der Waals surface area contributed by atoms with E-state index in [4.69, 9.17) is 0 Å². The summed E-state index contributed by atoms with van der Waals surface area (Å²) >= 11 is 1.77. The van der Waals surface area contributed by atoms with Gasteiger partial charge in [-0.3, -0.25) is 0 Å². The third kappa shape index (κ3) is 4.78. The smallest absolute Gasteiger partial charge is 0.0302 e. The molecule has 0 aliphatic heterocycles. The van der Waals surface area contributed by atoms with Gasteiger partial charge in [0, 0.05) is 12.1 Å². The van der Waals surface area contributed by atoms with Crippen LogP contribution in [0.1, 0.15) is 31.9 Å². The van der Waals surface area contributed by atoms with Crippen LogP contribution in [0.3, 0.4) is 0 Å². The third-order valence-corrected chi connectivity index (χ3v) is 3.29. The van der Waals surface area contributed by atoms with E-state index in [0.29, 0.717) is 12.1 Å². The van der Waals surface area contributed by atoms with E-state index in [9.17, 15) is 0 Å². The van der Waals surface area contributed by atoms with Crippen LogP contribution in [-0.4, -0.2) is 31.6 Å². The highest BCUT2D eigenvalue weighted by atomic mass is 32.1. The fraction of sp³-hybridized carbons (Fsp3) is 0.667. The van der Waals surface area contributed by atoms with E-state index in [1.807, 2.05) is 0 Å². The van der Waals surface area contributed by atoms with Gasteiger partial charge in [-0.15, -0.1) is 0 Å². The molecule has 2 unspecified atom stereocenters. The first-order valence-corrected chi connectivity index (χ1v) is 6.46. The van der Waals surface area contributed by atoms with Crippen molar-refractivity contribution in [1.82, 2.24) is 10.2 Å². The lowest BCUT2D eigenvalue weighted by Gasteiger charge is -2.21. The zero-order chi connectivity index (χ0) is 11.3. The largest absolute Gasteiger partial charge is 0.309 e. The van der Waals surface area contributed by atoms with Crippen molar-refractivity contribution in [3.8, 4) is 0 Å². The predicted octanol–water partition coefficient (Wildman–Crippen LogP) is 2.74. The molecular weight excluding hydrogens is 204 g/mol. The summed E-state index contributed by atoms with van der Waals surface area (Å²) in [5.41, 5.74) is 1.40. The fourth-order valence-electron chi connectivity index (χ4n) is 1.58. The topological polar surface area (TPSA) is 15.3 Å². The van der Waals surface area contributed by atoms with Gasteiger partial charge in [-0.1, -0.05) is 0 Å². The molecule has 0 spiro atoms. The molecule has 0 aliphatic rings. The van der Waals surface area contributed by atoms with Gasteiger partial charge in [0.2, 0.25) is 0 Å². The molecule has 15 heavy (non-hydrogen) atoms. The predicted molar refractivity (Wildman–Crippen MR) is 68.5 cm³/mol. The molecule has 3 heteroatoms.